The van der Waals surface area contributed by atoms with Crippen molar-refractivity contribution in [2.75, 3.05) is 0 Å². The summed E-state index contributed by atoms with van der Waals surface area (Å²) in [5.41, 5.74) is 5.82. The highest BCUT2D eigenvalue weighted by atomic mass is 16.5. The van der Waals surface area contributed by atoms with E-state index >= 15 is 0 Å². The summed E-state index contributed by atoms with van der Waals surface area (Å²) in [7, 11) is 0. The van der Waals surface area contributed by atoms with Crippen LogP contribution in [0.2, 0.25) is 0 Å². The molecular weight excluding hydrogens is 340 g/mol. The maximum Gasteiger partial charge on any atom is 0.135 e. The second kappa shape index (κ2) is 6.86. The van der Waals surface area contributed by atoms with Gasteiger partial charge in [0, 0.05) is 11.1 Å². The Hall–Kier alpha value is -3.58. The normalized spacial score (nSPS) is 14.5. The molecule has 0 aliphatic carbocycles. The minimum atomic E-state index is 0.880. The molecule has 1 heterocycles. The third-order valence-electron chi connectivity index (χ3n) is 5.14. The molecule has 0 saturated carbocycles. The van der Waals surface area contributed by atoms with Gasteiger partial charge in [0.2, 0.25) is 0 Å². The van der Waals surface area contributed by atoms with Crippen molar-refractivity contribution in [2.45, 2.75) is 6.92 Å². The predicted octanol–water partition coefficient (Wildman–Crippen LogP) is 7.12. The Bertz CT molecular complexity index is 1210. The fraction of sp³-hybridized carbons (Fsp3) is 0.0370. The van der Waals surface area contributed by atoms with Crippen LogP contribution in [0.4, 0.5) is 0 Å². The van der Waals surface area contributed by atoms with Gasteiger partial charge in [-0.1, -0.05) is 90.5 Å². The van der Waals surface area contributed by atoms with Crippen molar-refractivity contribution in [2.24, 2.45) is 0 Å². The number of aryl methyl sites for hydroxylation is 1. The van der Waals surface area contributed by atoms with Gasteiger partial charge in [-0.05, 0) is 47.1 Å². The second-order valence-electron chi connectivity index (χ2n) is 7.15. The third kappa shape index (κ3) is 3.01. The molecule has 0 amide bonds. The van der Waals surface area contributed by atoms with E-state index in [0.29, 0.717) is 0 Å². The van der Waals surface area contributed by atoms with E-state index in [1.54, 1.807) is 0 Å². The lowest BCUT2D eigenvalue weighted by molar-refractivity contribution is 0.510. The molecule has 1 aliphatic heterocycles. The summed E-state index contributed by atoms with van der Waals surface area (Å²) >= 11 is 0. The molecule has 0 N–H and O–H groups in total. The molecule has 0 bridgehead atoms. The first-order chi connectivity index (χ1) is 13.8. The van der Waals surface area contributed by atoms with E-state index in [0.717, 1.165) is 22.6 Å². The number of ether oxygens (including phenoxy) is 1. The maximum atomic E-state index is 6.35. The van der Waals surface area contributed by atoms with E-state index in [1.807, 2.05) is 6.07 Å². The molecule has 5 rings (SSSR count). The van der Waals surface area contributed by atoms with E-state index < -0.39 is 0 Å². The van der Waals surface area contributed by atoms with Gasteiger partial charge in [0.05, 0.1) is 0 Å². The van der Waals surface area contributed by atoms with Crippen LogP contribution in [0.1, 0.15) is 22.3 Å². The number of fused-ring (bicyclic) bond motifs is 3. The van der Waals surface area contributed by atoms with Gasteiger partial charge in [-0.25, -0.2) is 0 Å². The monoisotopic (exact) mass is 360 g/mol. The highest BCUT2D eigenvalue weighted by molar-refractivity contribution is 6.06. The Labute approximate surface area is 165 Å². The zero-order valence-electron chi connectivity index (χ0n) is 15.7. The molecule has 0 radical (unpaired) electrons. The van der Waals surface area contributed by atoms with Gasteiger partial charge in [-0.2, -0.15) is 0 Å². The first-order valence-electron chi connectivity index (χ1n) is 9.53. The Morgan fingerprint density at radius 2 is 1.46 bits per heavy atom. The van der Waals surface area contributed by atoms with E-state index in [1.165, 1.54) is 27.5 Å². The summed E-state index contributed by atoms with van der Waals surface area (Å²) in [6.07, 6.45) is 4.40. The lowest BCUT2D eigenvalue weighted by Gasteiger charge is -2.22. The molecule has 28 heavy (non-hydrogen) atoms. The molecule has 0 spiro atoms. The van der Waals surface area contributed by atoms with Gasteiger partial charge in [0.1, 0.15) is 11.5 Å². The van der Waals surface area contributed by atoms with Crippen molar-refractivity contribution < 1.29 is 4.74 Å². The largest absolute Gasteiger partial charge is 0.456 e. The van der Waals surface area contributed by atoms with Crippen LogP contribution in [0.3, 0.4) is 0 Å². The highest BCUT2D eigenvalue weighted by Crippen LogP contribution is 2.42. The Morgan fingerprint density at radius 3 is 2.29 bits per heavy atom. The van der Waals surface area contributed by atoms with E-state index in [2.05, 4.69) is 104 Å². The quantitative estimate of drug-likeness (QED) is 0.370. The maximum absolute atomic E-state index is 6.35. The predicted molar refractivity (Wildman–Crippen MR) is 118 cm³/mol. The van der Waals surface area contributed by atoms with Gasteiger partial charge >= 0.3 is 0 Å². The lowest BCUT2D eigenvalue weighted by Crippen LogP contribution is -2.04. The summed E-state index contributed by atoms with van der Waals surface area (Å²) in [6.45, 7) is 2.10. The molecule has 0 atom stereocenters. The summed E-state index contributed by atoms with van der Waals surface area (Å²) in [4.78, 5) is 0. The van der Waals surface area contributed by atoms with Crippen LogP contribution in [0, 0.1) is 6.92 Å². The summed E-state index contributed by atoms with van der Waals surface area (Å²) < 4.78 is 6.35. The van der Waals surface area contributed by atoms with Crippen LogP contribution in [0.25, 0.3) is 28.2 Å². The van der Waals surface area contributed by atoms with Gasteiger partial charge in [-0.3, -0.25) is 0 Å². The topological polar surface area (TPSA) is 9.23 Å². The van der Waals surface area contributed by atoms with Crippen LogP contribution in [0.5, 0.6) is 5.75 Å². The number of rotatable bonds is 2. The van der Waals surface area contributed by atoms with Crippen molar-refractivity contribution in [1.29, 1.82) is 0 Å². The zero-order valence-corrected chi connectivity index (χ0v) is 15.7. The first kappa shape index (κ1) is 16.6. The Kier molecular flexibility index (Phi) is 4.06. The molecule has 1 aliphatic rings. The van der Waals surface area contributed by atoms with Crippen LogP contribution in [-0.2, 0) is 0 Å². The van der Waals surface area contributed by atoms with Crippen molar-refractivity contribution in [3.8, 4) is 5.75 Å². The van der Waals surface area contributed by atoms with Gasteiger partial charge in [0.15, 0.2) is 0 Å². The van der Waals surface area contributed by atoms with Crippen LogP contribution < -0.4 is 4.74 Å². The van der Waals surface area contributed by atoms with Crippen LogP contribution in [0.15, 0.2) is 97.1 Å². The van der Waals surface area contributed by atoms with Gasteiger partial charge < -0.3 is 4.74 Å². The smallest absolute Gasteiger partial charge is 0.135 e. The number of benzene rings is 4. The number of allylic oxidation sites excluding steroid dienone is 2. The standard InChI is InChI=1S/C27H20O/c1-19-11-13-22(14-12-19)26-18-23(17-20-7-3-2-4-8-20)27-24-10-6-5-9-21(24)15-16-25(27)28-26/h2-18H,1H3/b23-17+. The van der Waals surface area contributed by atoms with Crippen molar-refractivity contribution in [3.05, 3.63) is 119 Å². The second-order valence-corrected chi connectivity index (χ2v) is 7.15. The molecule has 4 aromatic rings. The van der Waals surface area contributed by atoms with Crippen molar-refractivity contribution in [3.63, 3.8) is 0 Å². The fourth-order valence-corrected chi connectivity index (χ4v) is 3.70. The highest BCUT2D eigenvalue weighted by Gasteiger charge is 2.20. The molecular formula is C27H20O. The van der Waals surface area contributed by atoms with E-state index in [-0.39, 0.29) is 0 Å². The minimum absolute atomic E-state index is 0.880. The number of hydrogen-bond donors (Lipinski definition) is 0. The molecule has 1 nitrogen and oxygen atoms in total. The molecule has 0 saturated heterocycles. The van der Waals surface area contributed by atoms with Crippen LogP contribution in [-0.4, -0.2) is 0 Å². The SMILES string of the molecule is Cc1ccc(C2=C/C(=C\c3ccccc3)c3c(ccc4ccccc34)O2)cc1. The van der Waals surface area contributed by atoms with Crippen molar-refractivity contribution >= 4 is 28.2 Å². The third-order valence-corrected chi connectivity index (χ3v) is 5.14. The average molecular weight is 360 g/mol. The van der Waals surface area contributed by atoms with Gasteiger partial charge in [0.25, 0.3) is 0 Å². The zero-order chi connectivity index (χ0) is 18.9. The molecule has 134 valence electrons. The molecule has 0 unspecified atom stereocenters. The Morgan fingerprint density at radius 1 is 0.714 bits per heavy atom. The van der Waals surface area contributed by atoms with Gasteiger partial charge in [-0.15, -0.1) is 0 Å². The van der Waals surface area contributed by atoms with Crippen molar-refractivity contribution in [1.82, 2.24) is 0 Å². The number of hydrogen-bond acceptors (Lipinski definition) is 1. The molecule has 1 heteroatoms. The lowest BCUT2D eigenvalue weighted by atomic mass is 9.92. The minimum Gasteiger partial charge on any atom is -0.456 e. The molecule has 4 aromatic carbocycles. The fourth-order valence-electron chi connectivity index (χ4n) is 3.70. The van der Waals surface area contributed by atoms with E-state index in [9.17, 15) is 0 Å². The molecule has 0 aromatic heterocycles. The van der Waals surface area contributed by atoms with E-state index in [4.69, 9.17) is 4.74 Å². The average Bonchev–Trinajstić information content (AvgIpc) is 2.74. The molecule has 0 fully saturated rings. The summed E-state index contributed by atoms with van der Waals surface area (Å²) in [6, 6.07) is 31.6. The summed E-state index contributed by atoms with van der Waals surface area (Å²) in [5, 5.41) is 2.43. The first-order valence-corrected chi connectivity index (χ1v) is 9.53. The van der Waals surface area contributed by atoms with Crippen LogP contribution >= 0.6 is 0 Å². The Balaban J connectivity index is 1.74. The summed E-state index contributed by atoms with van der Waals surface area (Å²) in [5.74, 6) is 1.78.